The molecule has 1 atom stereocenters. The van der Waals surface area contributed by atoms with E-state index in [1.165, 1.54) is 12.3 Å². The molecular weight excluding hydrogens is 219 g/mol. The summed E-state index contributed by atoms with van der Waals surface area (Å²) in [6.45, 7) is 2.00. The molecule has 1 aliphatic heterocycles. The van der Waals surface area contributed by atoms with Crippen LogP contribution < -0.4 is 5.32 Å². The second-order valence-corrected chi connectivity index (χ2v) is 4.21. The van der Waals surface area contributed by atoms with Gasteiger partial charge in [-0.25, -0.2) is 14.4 Å². The lowest BCUT2D eigenvalue weighted by Gasteiger charge is -2.11. The van der Waals surface area contributed by atoms with Crippen LogP contribution in [0.15, 0.2) is 30.9 Å². The van der Waals surface area contributed by atoms with Crippen LogP contribution in [-0.4, -0.2) is 27.6 Å². The first kappa shape index (κ1) is 10.4. The summed E-state index contributed by atoms with van der Waals surface area (Å²) in [7, 11) is 0. The summed E-state index contributed by atoms with van der Waals surface area (Å²) in [5, 5.41) is 3.33. The topological polar surface area (TPSA) is 42.7 Å². The Hall–Kier alpha value is -1.75. The first-order valence-electron chi connectivity index (χ1n) is 5.69. The predicted molar refractivity (Wildman–Crippen MR) is 61.5 cm³/mol. The predicted octanol–water partition coefficient (Wildman–Crippen LogP) is 1.48. The molecule has 3 heterocycles. The Morgan fingerprint density at radius 1 is 1.35 bits per heavy atom. The third-order valence-corrected chi connectivity index (χ3v) is 3.10. The van der Waals surface area contributed by atoms with Gasteiger partial charge >= 0.3 is 0 Å². The highest BCUT2D eigenvalue weighted by Crippen LogP contribution is 2.23. The molecule has 2 aromatic heterocycles. The lowest BCUT2D eigenvalue weighted by atomic mass is 10.1. The average Bonchev–Trinajstić information content (AvgIpc) is 3.00. The first-order valence-corrected chi connectivity index (χ1v) is 5.69. The van der Waals surface area contributed by atoms with Crippen LogP contribution in [0.5, 0.6) is 0 Å². The maximum absolute atomic E-state index is 12.8. The molecule has 0 aromatic carbocycles. The summed E-state index contributed by atoms with van der Waals surface area (Å²) >= 11 is 0. The minimum absolute atomic E-state index is 0.321. The number of pyridine rings is 1. The van der Waals surface area contributed by atoms with Gasteiger partial charge in [-0.2, -0.15) is 0 Å². The van der Waals surface area contributed by atoms with Crippen LogP contribution in [0.4, 0.5) is 4.39 Å². The monoisotopic (exact) mass is 232 g/mol. The van der Waals surface area contributed by atoms with Crippen molar-refractivity contribution in [2.45, 2.75) is 12.3 Å². The Morgan fingerprint density at radius 3 is 3.00 bits per heavy atom. The lowest BCUT2D eigenvalue weighted by Crippen LogP contribution is -2.11. The fourth-order valence-electron chi connectivity index (χ4n) is 2.22. The molecule has 1 fully saturated rings. The molecule has 0 saturated carbocycles. The molecule has 1 aliphatic rings. The summed E-state index contributed by atoms with van der Waals surface area (Å²) in [4.78, 5) is 8.25. The Labute approximate surface area is 98.5 Å². The molecule has 1 saturated heterocycles. The molecule has 0 radical (unpaired) electrons. The molecule has 0 amide bonds. The van der Waals surface area contributed by atoms with Gasteiger partial charge in [-0.3, -0.25) is 4.57 Å². The van der Waals surface area contributed by atoms with Gasteiger partial charge in [-0.15, -0.1) is 0 Å². The average molecular weight is 232 g/mol. The number of aromatic nitrogens is 3. The van der Waals surface area contributed by atoms with Gasteiger partial charge in [0, 0.05) is 24.4 Å². The molecule has 0 spiro atoms. The van der Waals surface area contributed by atoms with E-state index in [0.717, 1.165) is 25.2 Å². The van der Waals surface area contributed by atoms with E-state index in [-0.39, 0.29) is 5.82 Å². The van der Waals surface area contributed by atoms with Gasteiger partial charge in [-0.1, -0.05) is 0 Å². The Morgan fingerprint density at radius 2 is 2.29 bits per heavy atom. The van der Waals surface area contributed by atoms with Gasteiger partial charge in [0.15, 0.2) is 0 Å². The summed E-state index contributed by atoms with van der Waals surface area (Å²) in [6.07, 6.45) is 5.93. The highest BCUT2D eigenvalue weighted by molar-refractivity contribution is 5.27. The molecule has 88 valence electrons. The molecule has 1 unspecified atom stereocenters. The molecule has 0 aliphatic carbocycles. The third-order valence-electron chi connectivity index (χ3n) is 3.10. The van der Waals surface area contributed by atoms with Crippen LogP contribution in [0.3, 0.4) is 0 Å². The smallest absolute Gasteiger partial charge is 0.141 e. The molecule has 2 aromatic rings. The van der Waals surface area contributed by atoms with Crippen molar-refractivity contribution in [2.75, 3.05) is 13.1 Å². The zero-order valence-electron chi connectivity index (χ0n) is 9.31. The summed E-state index contributed by atoms with van der Waals surface area (Å²) in [5.74, 6) is 0.855. The minimum Gasteiger partial charge on any atom is -0.316 e. The molecule has 0 bridgehead atoms. The van der Waals surface area contributed by atoms with Crippen LogP contribution in [0.1, 0.15) is 18.0 Å². The molecule has 1 N–H and O–H groups in total. The highest BCUT2D eigenvalue weighted by Gasteiger charge is 2.20. The number of nitrogens with one attached hydrogen (secondary N) is 1. The minimum atomic E-state index is -0.321. The summed E-state index contributed by atoms with van der Waals surface area (Å²) < 4.78 is 14.8. The first-order chi connectivity index (χ1) is 8.34. The van der Waals surface area contributed by atoms with Crippen LogP contribution >= 0.6 is 0 Å². The molecule has 4 nitrogen and oxygen atoms in total. The van der Waals surface area contributed by atoms with Crippen molar-refractivity contribution in [3.8, 4) is 5.82 Å². The molecule has 3 rings (SSSR count). The van der Waals surface area contributed by atoms with Gasteiger partial charge < -0.3 is 5.32 Å². The summed E-state index contributed by atoms with van der Waals surface area (Å²) in [6, 6.07) is 3.09. The van der Waals surface area contributed by atoms with Crippen molar-refractivity contribution < 1.29 is 4.39 Å². The highest BCUT2D eigenvalue weighted by atomic mass is 19.1. The Balaban J connectivity index is 1.97. The normalized spacial score (nSPS) is 19.7. The van der Waals surface area contributed by atoms with E-state index < -0.39 is 0 Å². The fourth-order valence-corrected chi connectivity index (χ4v) is 2.22. The molecular formula is C12H13FN4. The van der Waals surface area contributed by atoms with Gasteiger partial charge in [0.2, 0.25) is 0 Å². The number of hydrogen-bond donors (Lipinski definition) is 1. The zero-order chi connectivity index (χ0) is 11.7. The zero-order valence-corrected chi connectivity index (χ0v) is 9.31. The quantitative estimate of drug-likeness (QED) is 0.853. The maximum Gasteiger partial charge on any atom is 0.141 e. The van der Waals surface area contributed by atoms with Crippen molar-refractivity contribution >= 4 is 0 Å². The van der Waals surface area contributed by atoms with Gasteiger partial charge in [0.05, 0.1) is 6.20 Å². The van der Waals surface area contributed by atoms with Crippen LogP contribution in [0.25, 0.3) is 5.82 Å². The van der Waals surface area contributed by atoms with Crippen molar-refractivity contribution in [1.82, 2.24) is 19.9 Å². The third kappa shape index (κ3) is 1.93. The van der Waals surface area contributed by atoms with E-state index >= 15 is 0 Å². The van der Waals surface area contributed by atoms with Gasteiger partial charge in [-0.05, 0) is 25.1 Å². The van der Waals surface area contributed by atoms with E-state index in [0.29, 0.717) is 11.7 Å². The van der Waals surface area contributed by atoms with Crippen LogP contribution in [-0.2, 0) is 0 Å². The number of nitrogens with zero attached hydrogens (tertiary/aromatic N) is 3. The molecule has 17 heavy (non-hydrogen) atoms. The van der Waals surface area contributed by atoms with E-state index in [1.807, 2.05) is 10.8 Å². The van der Waals surface area contributed by atoms with E-state index in [4.69, 9.17) is 0 Å². The van der Waals surface area contributed by atoms with Crippen molar-refractivity contribution in [3.63, 3.8) is 0 Å². The van der Waals surface area contributed by atoms with E-state index in [2.05, 4.69) is 15.3 Å². The standard InChI is InChI=1S/C12H13FN4/c13-10-1-2-12(16-6-10)17-8-15-7-11(17)9-3-4-14-5-9/h1-2,6-9,14H,3-5H2. The van der Waals surface area contributed by atoms with Crippen molar-refractivity contribution in [1.29, 1.82) is 0 Å². The fraction of sp³-hybridized carbons (Fsp3) is 0.333. The van der Waals surface area contributed by atoms with Gasteiger partial charge in [0.25, 0.3) is 0 Å². The van der Waals surface area contributed by atoms with Crippen LogP contribution in [0.2, 0.25) is 0 Å². The molecule has 5 heteroatoms. The van der Waals surface area contributed by atoms with Crippen molar-refractivity contribution in [2.24, 2.45) is 0 Å². The van der Waals surface area contributed by atoms with E-state index in [1.54, 1.807) is 12.4 Å². The second kappa shape index (κ2) is 4.25. The number of rotatable bonds is 2. The Bertz CT molecular complexity index is 499. The van der Waals surface area contributed by atoms with Crippen molar-refractivity contribution in [3.05, 3.63) is 42.4 Å². The lowest BCUT2D eigenvalue weighted by molar-refractivity contribution is 0.619. The van der Waals surface area contributed by atoms with Crippen LogP contribution in [0, 0.1) is 5.82 Å². The second-order valence-electron chi connectivity index (χ2n) is 4.21. The summed E-state index contributed by atoms with van der Waals surface area (Å²) in [5.41, 5.74) is 1.13. The number of imidazole rings is 1. The largest absolute Gasteiger partial charge is 0.316 e. The van der Waals surface area contributed by atoms with Gasteiger partial charge in [0.1, 0.15) is 18.0 Å². The van der Waals surface area contributed by atoms with E-state index in [9.17, 15) is 4.39 Å². The number of hydrogen-bond acceptors (Lipinski definition) is 3. The maximum atomic E-state index is 12.8. The SMILES string of the molecule is Fc1ccc(-n2cncc2C2CCNC2)nc1. The number of halogens is 1. The Kier molecular flexibility index (Phi) is 2.60.